The van der Waals surface area contributed by atoms with Crippen LogP contribution in [0.25, 0.3) is 16.7 Å². The molecular formula is C22H26O. The Bertz CT molecular complexity index is 633. The van der Waals surface area contributed by atoms with E-state index in [1.165, 1.54) is 35.1 Å². The van der Waals surface area contributed by atoms with Crippen LogP contribution in [0.3, 0.4) is 0 Å². The molecule has 120 valence electrons. The number of hydrogen-bond acceptors (Lipinski definition) is 1. The van der Waals surface area contributed by atoms with E-state index in [1.807, 2.05) is 12.2 Å². The Labute approximate surface area is 140 Å². The third-order valence-electron chi connectivity index (χ3n) is 3.91. The molecule has 0 fully saturated rings. The monoisotopic (exact) mass is 306 g/mol. The van der Waals surface area contributed by atoms with Crippen LogP contribution in [-0.2, 0) is 0 Å². The maximum atomic E-state index is 5.76. The Morgan fingerprint density at radius 2 is 1.57 bits per heavy atom. The van der Waals surface area contributed by atoms with Gasteiger partial charge in [-0.2, -0.15) is 0 Å². The zero-order chi connectivity index (χ0) is 16.5. The normalized spacial score (nSPS) is 11.3. The molecule has 0 saturated heterocycles. The second kappa shape index (κ2) is 8.99. The average Bonchev–Trinajstić information content (AvgIpc) is 2.60. The van der Waals surface area contributed by atoms with Gasteiger partial charge in [-0.15, -0.1) is 0 Å². The van der Waals surface area contributed by atoms with E-state index in [1.54, 1.807) is 0 Å². The van der Waals surface area contributed by atoms with Crippen LogP contribution >= 0.6 is 0 Å². The number of hydrogen-bond donors (Lipinski definition) is 0. The van der Waals surface area contributed by atoms with Gasteiger partial charge in [-0.3, -0.25) is 0 Å². The highest BCUT2D eigenvalue weighted by Gasteiger charge is 2.00. The van der Waals surface area contributed by atoms with E-state index >= 15 is 0 Å². The van der Waals surface area contributed by atoms with E-state index in [2.05, 4.69) is 69.0 Å². The van der Waals surface area contributed by atoms with Gasteiger partial charge in [-0.25, -0.2) is 0 Å². The van der Waals surface area contributed by atoms with Crippen molar-refractivity contribution in [1.82, 2.24) is 0 Å². The molecule has 0 bridgehead atoms. The maximum absolute atomic E-state index is 5.76. The van der Waals surface area contributed by atoms with Crippen LogP contribution in [0.15, 0.2) is 67.3 Å². The van der Waals surface area contributed by atoms with Crippen molar-refractivity contribution < 1.29 is 4.74 Å². The first kappa shape index (κ1) is 17.1. The summed E-state index contributed by atoms with van der Waals surface area (Å²) in [5, 5.41) is 0. The Kier molecular flexibility index (Phi) is 6.68. The number of ether oxygens (including phenoxy) is 1. The van der Waals surface area contributed by atoms with Gasteiger partial charge >= 0.3 is 0 Å². The SMILES string of the molecule is C=C/C=C(\C)c1ccc(-c2ccc(OCCCCC)cc2)cc1. The number of allylic oxidation sites excluding steroid dienone is 3. The third kappa shape index (κ3) is 5.14. The van der Waals surface area contributed by atoms with Crippen LogP contribution in [0.1, 0.15) is 38.7 Å². The van der Waals surface area contributed by atoms with Crippen LogP contribution in [0.2, 0.25) is 0 Å². The van der Waals surface area contributed by atoms with Gasteiger partial charge in [0.2, 0.25) is 0 Å². The van der Waals surface area contributed by atoms with Gasteiger partial charge in [0.25, 0.3) is 0 Å². The van der Waals surface area contributed by atoms with Crippen molar-refractivity contribution in [3.05, 3.63) is 72.8 Å². The topological polar surface area (TPSA) is 9.23 Å². The van der Waals surface area contributed by atoms with Crippen molar-refractivity contribution in [3.63, 3.8) is 0 Å². The van der Waals surface area contributed by atoms with E-state index in [4.69, 9.17) is 4.74 Å². The molecular weight excluding hydrogens is 280 g/mol. The summed E-state index contributed by atoms with van der Waals surface area (Å²) in [6.07, 6.45) is 7.42. The van der Waals surface area contributed by atoms with Crippen molar-refractivity contribution >= 4 is 5.57 Å². The van der Waals surface area contributed by atoms with Crippen molar-refractivity contribution in [2.24, 2.45) is 0 Å². The van der Waals surface area contributed by atoms with Gasteiger partial charge in [-0.1, -0.05) is 74.9 Å². The van der Waals surface area contributed by atoms with Crippen molar-refractivity contribution in [3.8, 4) is 16.9 Å². The highest BCUT2D eigenvalue weighted by Crippen LogP contribution is 2.24. The summed E-state index contributed by atoms with van der Waals surface area (Å²) in [6.45, 7) is 8.85. The second-order valence-electron chi connectivity index (χ2n) is 5.74. The molecule has 0 saturated carbocycles. The molecule has 0 aliphatic heterocycles. The molecule has 0 aliphatic rings. The molecule has 2 rings (SSSR count). The van der Waals surface area contributed by atoms with E-state index in [0.29, 0.717) is 0 Å². The smallest absolute Gasteiger partial charge is 0.119 e. The molecule has 0 N–H and O–H groups in total. The molecule has 0 aromatic heterocycles. The highest BCUT2D eigenvalue weighted by molar-refractivity contribution is 5.70. The first-order chi connectivity index (χ1) is 11.2. The maximum Gasteiger partial charge on any atom is 0.119 e. The largest absolute Gasteiger partial charge is 0.494 e. The van der Waals surface area contributed by atoms with Crippen molar-refractivity contribution in [2.75, 3.05) is 6.61 Å². The molecule has 23 heavy (non-hydrogen) atoms. The number of rotatable bonds is 8. The molecule has 2 aromatic carbocycles. The Hall–Kier alpha value is -2.28. The number of benzene rings is 2. The van der Waals surface area contributed by atoms with Crippen LogP contribution in [0, 0.1) is 0 Å². The fraction of sp³-hybridized carbons (Fsp3) is 0.273. The fourth-order valence-corrected chi connectivity index (χ4v) is 2.48. The summed E-state index contributed by atoms with van der Waals surface area (Å²) in [6, 6.07) is 17.0. The van der Waals surface area contributed by atoms with Gasteiger partial charge in [0.15, 0.2) is 0 Å². The molecule has 0 amide bonds. The Balaban J connectivity index is 2.01. The molecule has 0 aliphatic carbocycles. The molecule has 0 atom stereocenters. The fourth-order valence-electron chi connectivity index (χ4n) is 2.48. The van der Waals surface area contributed by atoms with E-state index < -0.39 is 0 Å². The lowest BCUT2D eigenvalue weighted by Crippen LogP contribution is -1.96. The molecule has 1 heteroatoms. The average molecular weight is 306 g/mol. The standard InChI is InChI=1S/C22H26O/c1-4-6-7-17-23-22-15-13-21(14-16-22)20-11-9-19(10-12-20)18(3)8-5-2/h5,8-16H,2,4,6-7,17H2,1,3H3/b18-8+. The minimum Gasteiger partial charge on any atom is -0.494 e. The molecule has 0 spiro atoms. The lowest BCUT2D eigenvalue weighted by atomic mass is 10.0. The predicted octanol–water partition coefficient (Wildman–Crippen LogP) is 6.51. The third-order valence-corrected chi connectivity index (χ3v) is 3.91. The van der Waals surface area contributed by atoms with Gasteiger partial charge in [-0.05, 0) is 47.7 Å². The van der Waals surface area contributed by atoms with Crippen LogP contribution in [0.5, 0.6) is 5.75 Å². The van der Waals surface area contributed by atoms with Crippen LogP contribution < -0.4 is 4.74 Å². The zero-order valence-corrected chi connectivity index (χ0v) is 14.2. The van der Waals surface area contributed by atoms with Crippen molar-refractivity contribution in [2.45, 2.75) is 33.1 Å². The van der Waals surface area contributed by atoms with Gasteiger partial charge in [0.05, 0.1) is 6.61 Å². The molecule has 0 radical (unpaired) electrons. The van der Waals surface area contributed by atoms with Crippen LogP contribution in [0.4, 0.5) is 0 Å². The predicted molar refractivity (Wildman–Crippen MR) is 101 cm³/mol. The summed E-state index contributed by atoms with van der Waals surface area (Å²) in [5.74, 6) is 0.950. The Morgan fingerprint density at radius 3 is 2.13 bits per heavy atom. The van der Waals surface area contributed by atoms with E-state index in [9.17, 15) is 0 Å². The first-order valence-corrected chi connectivity index (χ1v) is 8.37. The van der Waals surface area contributed by atoms with E-state index in [0.717, 1.165) is 18.8 Å². The summed E-state index contributed by atoms with van der Waals surface area (Å²) < 4.78 is 5.76. The molecule has 0 unspecified atom stereocenters. The highest BCUT2D eigenvalue weighted by atomic mass is 16.5. The molecule has 2 aromatic rings. The minimum atomic E-state index is 0.802. The summed E-state index contributed by atoms with van der Waals surface area (Å²) in [5.41, 5.74) is 4.88. The quantitative estimate of drug-likeness (QED) is 0.399. The Morgan fingerprint density at radius 1 is 0.957 bits per heavy atom. The summed E-state index contributed by atoms with van der Waals surface area (Å²) in [4.78, 5) is 0. The summed E-state index contributed by atoms with van der Waals surface area (Å²) in [7, 11) is 0. The molecule has 1 nitrogen and oxygen atoms in total. The van der Waals surface area contributed by atoms with E-state index in [-0.39, 0.29) is 0 Å². The second-order valence-corrected chi connectivity index (χ2v) is 5.74. The van der Waals surface area contributed by atoms with Gasteiger partial charge in [0.1, 0.15) is 5.75 Å². The first-order valence-electron chi connectivity index (χ1n) is 8.37. The minimum absolute atomic E-state index is 0.802. The molecule has 0 heterocycles. The van der Waals surface area contributed by atoms with Gasteiger partial charge in [0, 0.05) is 0 Å². The van der Waals surface area contributed by atoms with Crippen molar-refractivity contribution in [1.29, 1.82) is 0 Å². The summed E-state index contributed by atoms with van der Waals surface area (Å²) >= 11 is 0. The number of unbranched alkanes of at least 4 members (excludes halogenated alkanes) is 2. The van der Waals surface area contributed by atoms with Crippen LogP contribution in [-0.4, -0.2) is 6.61 Å². The van der Waals surface area contributed by atoms with Gasteiger partial charge < -0.3 is 4.74 Å². The lowest BCUT2D eigenvalue weighted by molar-refractivity contribution is 0.306. The lowest BCUT2D eigenvalue weighted by Gasteiger charge is -2.08. The zero-order valence-electron chi connectivity index (χ0n) is 14.2.